The summed E-state index contributed by atoms with van der Waals surface area (Å²) in [7, 11) is 1.64. The minimum atomic E-state index is -0.466. The fourth-order valence-electron chi connectivity index (χ4n) is 1.39. The van der Waals surface area contributed by atoms with Crippen molar-refractivity contribution in [1.29, 1.82) is 0 Å². The van der Waals surface area contributed by atoms with Crippen molar-refractivity contribution in [2.75, 3.05) is 6.61 Å². The number of nitrogens with zero attached hydrogens (tertiary/aromatic N) is 4. The number of ether oxygens (including phenoxy) is 1. The summed E-state index contributed by atoms with van der Waals surface area (Å²) in [5, 5.41) is 19.9. The molecule has 6 nitrogen and oxygen atoms in total. The Hall–Kier alpha value is -2.46. The first-order valence-corrected chi connectivity index (χ1v) is 5.43. The molecule has 2 rings (SSSR count). The average Bonchev–Trinajstić information content (AvgIpc) is 2.79. The second kappa shape index (κ2) is 5.93. The lowest BCUT2D eigenvalue weighted by Gasteiger charge is -2.04. The summed E-state index contributed by atoms with van der Waals surface area (Å²) in [5.74, 6) is 5.30. The van der Waals surface area contributed by atoms with Crippen LogP contribution in [0.15, 0.2) is 18.2 Å². The third-order valence-corrected chi connectivity index (χ3v) is 2.10. The van der Waals surface area contributed by atoms with Crippen molar-refractivity contribution >= 4 is 0 Å². The number of aliphatic hydroxyl groups excluding tert-OH is 1. The van der Waals surface area contributed by atoms with E-state index in [2.05, 4.69) is 27.3 Å². The molecule has 0 fully saturated rings. The van der Waals surface area contributed by atoms with Gasteiger partial charge in [-0.05, 0) is 17.3 Å². The largest absolute Gasteiger partial charge is 0.485 e. The lowest BCUT2D eigenvalue weighted by atomic mass is 10.2. The summed E-state index contributed by atoms with van der Waals surface area (Å²) >= 11 is 0. The molecule has 0 aliphatic rings. The number of hydrogen-bond donors (Lipinski definition) is 1. The van der Waals surface area contributed by atoms with Crippen LogP contribution in [-0.4, -0.2) is 31.9 Å². The van der Waals surface area contributed by atoms with Crippen LogP contribution in [0.2, 0.25) is 0 Å². The molecule has 0 unspecified atom stereocenters. The predicted molar refractivity (Wildman–Crippen MR) is 63.5 cm³/mol. The number of aliphatic hydroxyl groups is 1. The van der Waals surface area contributed by atoms with E-state index in [0.717, 1.165) is 0 Å². The van der Waals surface area contributed by atoms with Gasteiger partial charge in [0.15, 0.2) is 6.61 Å². The Morgan fingerprint density at radius 1 is 1.42 bits per heavy atom. The zero-order chi connectivity index (χ0) is 13.7. The maximum Gasteiger partial charge on any atom is 0.212 e. The van der Waals surface area contributed by atoms with Crippen molar-refractivity contribution < 1.29 is 14.2 Å². The van der Waals surface area contributed by atoms with Crippen LogP contribution in [-0.2, 0) is 13.7 Å². The Kier molecular flexibility index (Phi) is 4.05. The maximum absolute atomic E-state index is 13.3. The second-order valence-electron chi connectivity index (χ2n) is 3.62. The summed E-state index contributed by atoms with van der Waals surface area (Å²) in [6.07, 6.45) is 0. The van der Waals surface area contributed by atoms with Crippen LogP contribution in [0.1, 0.15) is 11.4 Å². The van der Waals surface area contributed by atoms with Gasteiger partial charge in [0.1, 0.15) is 18.2 Å². The Bertz CT molecular complexity index is 630. The summed E-state index contributed by atoms with van der Waals surface area (Å²) in [5.41, 5.74) is 0.427. The van der Waals surface area contributed by atoms with Gasteiger partial charge in [-0.15, -0.1) is 10.2 Å². The van der Waals surface area contributed by atoms with Crippen LogP contribution in [0, 0.1) is 17.7 Å². The minimum Gasteiger partial charge on any atom is -0.485 e. The number of halogens is 1. The number of aromatic nitrogens is 4. The standard InChI is InChI=1S/C12H11FN4O2/c1-17-15-12(14-16-17)8-19-11-6-9(3-2-4-18)5-10(13)7-11/h5-7,18H,4,8H2,1H3. The molecule has 1 aromatic carbocycles. The molecule has 0 spiro atoms. The van der Waals surface area contributed by atoms with Gasteiger partial charge < -0.3 is 9.84 Å². The van der Waals surface area contributed by atoms with Gasteiger partial charge in [-0.3, -0.25) is 0 Å². The predicted octanol–water partition coefficient (Wildman–Crippen LogP) is 0.272. The van der Waals surface area contributed by atoms with Gasteiger partial charge >= 0.3 is 0 Å². The van der Waals surface area contributed by atoms with E-state index in [1.807, 2.05) is 0 Å². The fourth-order valence-corrected chi connectivity index (χ4v) is 1.39. The molecule has 0 aliphatic carbocycles. The molecule has 7 heteroatoms. The van der Waals surface area contributed by atoms with Crippen molar-refractivity contribution in [2.24, 2.45) is 7.05 Å². The first-order valence-electron chi connectivity index (χ1n) is 5.43. The third-order valence-electron chi connectivity index (χ3n) is 2.10. The number of hydrogen-bond acceptors (Lipinski definition) is 5. The molecular formula is C12H11FN4O2. The minimum absolute atomic E-state index is 0.0875. The van der Waals surface area contributed by atoms with Gasteiger partial charge in [-0.1, -0.05) is 11.8 Å². The molecule has 0 radical (unpaired) electrons. The Balaban J connectivity index is 2.09. The van der Waals surface area contributed by atoms with Gasteiger partial charge in [0.2, 0.25) is 5.82 Å². The third kappa shape index (κ3) is 3.76. The van der Waals surface area contributed by atoms with Crippen LogP contribution in [0.25, 0.3) is 0 Å². The van der Waals surface area contributed by atoms with Crippen molar-refractivity contribution in [2.45, 2.75) is 6.61 Å². The van der Waals surface area contributed by atoms with Crippen molar-refractivity contribution in [3.8, 4) is 17.6 Å². The van der Waals surface area contributed by atoms with E-state index in [0.29, 0.717) is 17.1 Å². The molecule has 0 aliphatic heterocycles. The van der Waals surface area contributed by atoms with E-state index in [1.54, 1.807) is 13.1 Å². The number of aryl methyl sites for hydroxylation is 1. The van der Waals surface area contributed by atoms with Gasteiger partial charge in [0.25, 0.3) is 0 Å². The van der Waals surface area contributed by atoms with Crippen LogP contribution >= 0.6 is 0 Å². The van der Waals surface area contributed by atoms with E-state index in [4.69, 9.17) is 9.84 Å². The Morgan fingerprint density at radius 3 is 2.95 bits per heavy atom. The number of benzene rings is 1. The van der Waals surface area contributed by atoms with Gasteiger partial charge in [-0.25, -0.2) is 4.39 Å². The lowest BCUT2D eigenvalue weighted by Crippen LogP contribution is -1.99. The van der Waals surface area contributed by atoms with E-state index in [1.165, 1.54) is 16.9 Å². The smallest absolute Gasteiger partial charge is 0.212 e. The molecule has 0 amide bonds. The van der Waals surface area contributed by atoms with E-state index >= 15 is 0 Å². The topological polar surface area (TPSA) is 73.1 Å². The van der Waals surface area contributed by atoms with E-state index in [-0.39, 0.29) is 13.2 Å². The van der Waals surface area contributed by atoms with Gasteiger partial charge in [-0.2, -0.15) is 4.80 Å². The molecule has 0 atom stereocenters. The molecule has 19 heavy (non-hydrogen) atoms. The van der Waals surface area contributed by atoms with Crippen LogP contribution in [0.3, 0.4) is 0 Å². The molecule has 1 N–H and O–H groups in total. The van der Waals surface area contributed by atoms with Crippen LogP contribution in [0.4, 0.5) is 4.39 Å². The molecular weight excluding hydrogens is 251 g/mol. The van der Waals surface area contributed by atoms with Crippen molar-refractivity contribution in [3.05, 3.63) is 35.4 Å². The zero-order valence-corrected chi connectivity index (χ0v) is 10.2. The van der Waals surface area contributed by atoms with E-state index in [9.17, 15) is 4.39 Å². The quantitative estimate of drug-likeness (QED) is 0.804. The highest BCUT2D eigenvalue weighted by Gasteiger charge is 2.04. The van der Waals surface area contributed by atoms with Crippen molar-refractivity contribution in [1.82, 2.24) is 20.2 Å². The number of rotatable bonds is 3. The fraction of sp³-hybridized carbons (Fsp3) is 0.250. The molecule has 1 heterocycles. The molecule has 1 aromatic heterocycles. The highest BCUT2D eigenvalue weighted by Crippen LogP contribution is 2.16. The highest BCUT2D eigenvalue weighted by molar-refractivity contribution is 5.40. The van der Waals surface area contributed by atoms with Crippen LogP contribution < -0.4 is 4.74 Å². The normalized spacial score (nSPS) is 9.84. The summed E-state index contributed by atoms with van der Waals surface area (Å²) < 4.78 is 18.7. The lowest BCUT2D eigenvalue weighted by molar-refractivity contribution is 0.293. The van der Waals surface area contributed by atoms with Gasteiger partial charge in [0, 0.05) is 11.6 Å². The Labute approximate surface area is 108 Å². The van der Waals surface area contributed by atoms with Crippen LogP contribution in [0.5, 0.6) is 5.75 Å². The van der Waals surface area contributed by atoms with Crippen molar-refractivity contribution in [3.63, 3.8) is 0 Å². The molecule has 0 saturated carbocycles. The summed E-state index contributed by atoms with van der Waals surface area (Å²) in [6.45, 7) is -0.194. The Morgan fingerprint density at radius 2 is 2.26 bits per heavy atom. The van der Waals surface area contributed by atoms with Gasteiger partial charge in [0.05, 0.1) is 7.05 Å². The average molecular weight is 262 g/mol. The summed E-state index contributed by atoms with van der Waals surface area (Å²) in [4.78, 5) is 1.31. The van der Waals surface area contributed by atoms with E-state index < -0.39 is 5.82 Å². The second-order valence-corrected chi connectivity index (χ2v) is 3.62. The molecule has 0 saturated heterocycles. The first-order chi connectivity index (χ1) is 9.17. The molecule has 98 valence electrons. The number of tetrazole rings is 1. The zero-order valence-electron chi connectivity index (χ0n) is 10.2. The molecule has 0 bridgehead atoms. The highest BCUT2D eigenvalue weighted by atomic mass is 19.1. The SMILES string of the molecule is Cn1nnc(COc2cc(F)cc(C#CCO)c2)n1. The molecule has 2 aromatic rings. The maximum atomic E-state index is 13.3. The first kappa shape index (κ1) is 13.0. The monoisotopic (exact) mass is 262 g/mol. The summed E-state index contributed by atoms with van der Waals surface area (Å²) in [6, 6.07) is 4.07.